The van der Waals surface area contributed by atoms with Gasteiger partial charge in [-0.2, -0.15) is 0 Å². The van der Waals surface area contributed by atoms with E-state index < -0.39 is 28.7 Å². The molecule has 3 rings (SSSR count). The second-order valence-electron chi connectivity index (χ2n) is 10.3. The number of likely N-dealkylation sites (tertiary alicyclic amines) is 1. The normalized spacial score (nSPS) is 30.6. The van der Waals surface area contributed by atoms with E-state index in [1.54, 1.807) is 33.7 Å². The molecule has 6 atom stereocenters. The van der Waals surface area contributed by atoms with Crippen molar-refractivity contribution in [2.45, 2.75) is 81.5 Å². The Morgan fingerprint density at radius 1 is 1.29 bits per heavy atom. The number of hydrogen-bond donors (Lipinski definition) is 1. The lowest BCUT2D eigenvalue weighted by Crippen LogP contribution is -2.59. The lowest BCUT2D eigenvalue weighted by molar-refractivity contribution is -0.155. The summed E-state index contributed by atoms with van der Waals surface area (Å²) in [6.45, 7) is 15.7. The van der Waals surface area contributed by atoms with Crippen LogP contribution in [0.3, 0.4) is 0 Å². The maximum Gasteiger partial charge on any atom is 0.310 e. The predicted octanol–water partition coefficient (Wildman–Crippen LogP) is 3.03. The van der Waals surface area contributed by atoms with E-state index in [9.17, 15) is 19.5 Å². The van der Waals surface area contributed by atoms with Crippen LogP contribution >= 0.6 is 11.8 Å². The summed E-state index contributed by atoms with van der Waals surface area (Å²) in [5, 5.41) is 10.2. The fourth-order valence-electron chi connectivity index (χ4n) is 5.96. The van der Waals surface area contributed by atoms with Crippen LogP contribution in [0.2, 0.25) is 0 Å². The number of ether oxygens (including phenoxy) is 1. The first-order valence-corrected chi connectivity index (χ1v) is 13.3. The minimum absolute atomic E-state index is 0.0307. The smallest absolute Gasteiger partial charge is 0.310 e. The first-order valence-electron chi connectivity index (χ1n) is 12.5. The van der Waals surface area contributed by atoms with Crippen molar-refractivity contribution >= 4 is 29.5 Å². The SMILES string of the molecule is C=CCCCOC(=O)[C@@H]1[C@H]2C(=O)N([C@@H](CO)C(C)C)C(C(=O)N(CC=C)C(C)C)C23CC[C@H]1S3. The molecular weight excluding hydrogens is 452 g/mol. The van der Waals surface area contributed by atoms with Crippen molar-refractivity contribution in [3.05, 3.63) is 25.3 Å². The molecule has 34 heavy (non-hydrogen) atoms. The third kappa shape index (κ3) is 4.43. The largest absolute Gasteiger partial charge is 0.465 e. The Morgan fingerprint density at radius 3 is 2.56 bits per heavy atom. The maximum absolute atomic E-state index is 14.1. The number of hydrogen-bond acceptors (Lipinski definition) is 6. The van der Waals surface area contributed by atoms with Crippen LogP contribution in [-0.4, -0.2) is 80.6 Å². The zero-order valence-electron chi connectivity index (χ0n) is 20.9. The Hall–Kier alpha value is -1.80. The van der Waals surface area contributed by atoms with Crippen LogP contribution in [0.5, 0.6) is 0 Å². The Morgan fingerprint density at radius 2 is 2.00 bits per heavy atom. The van der Waals surface area contributed by atoms with Crippen LogP contribution in [0.1, 0.15) is 53.4 Å². The topological polar surface area (TPSA) is 87.1 Å². The molecule has 0 aromatic heterocycles. The van der Waals surface area contributed by atoms with E-state index in [2.05, 4.69) is 13.2 Å². The fraction of sp³-hybridized carbons (Fsp3) is 0.731. The number of carbonyl (C=O) groups excluding carboxylic acids is 3. The highest BCUT2D eigenvalue weighted by Gasteiger charge is 2.75. The van der Waals surface area contributed by atoms with Crippen molar-refractivity contribution in [2.24, 2.45) is 17.8 Å². The van der Waals surface area contributed by atoms with Crippen LogP contribution in [0, 0.1) is 17.8 Å². The van der Waals surface area contributed by atoms with Crippen LogP contribution < -0.4 is 0 Å². The molecule has 0 aromatic carbocycles. The molecule has 0 aromatic rings. The molecule has 3 aliphatic rings. The Kier molecular flexibility index (Phi) is 8.56. The number of unbranched alkanes of at least 4 members (excludes halogenated alkanes) is 1. The first-order chi connectivity index (χ1) is 16.2. The molecule has 2 amide bonds. The number of allylic oxidation sites excluding steroid dienone is 1. The lowest BCUT2D eigenvalue weighted by atomic mass is 9.71. The number of aliphatic hydroxyl groups excluding tert-OH is 1. The van der Waals surface area contributed by atoms with Crippen LogP contribution in [0.4, 0.5) is 0 Å². The van der Waals surface area contributed by atoms with Crippen LogP contribution in [-0.2, 0) is 19.1 Å². The molecule has 0 aliphatic carbocycles. The van der Waals surface area contributed by atoms with Gasteiger partial charge < -0.3 is 19.6 Å². The fourth-order valence-corrected chi connectivity index (χ4v) is 8.15. The second kappa shape index (κ2) is 10.9. The number of rotatable bonds is 12. The Bertz CT molecular complexity index is 815. The van der Waals surface area contributed by atoms with Crippen molar-refractivity contribution in [1.29, 1.82) is 0 Å². The van der Waals surface area contributed by atoms with Crippen molar-refractivity contribution in [1.82, 2.24) is 9.80 Å². The Balaban J connectivity index is 2.01. The summed E-state index contributed by atoms with van der Waals surface area (Å²) in [6.07, 6.45) is 6.41. The summed E-state index contributed by atoms with van der Waals surface area (Å²) in [4.78, 5) is 44.7. The molecule has 0 saturated carbocycles. The number of fused-ring (bicyclic) bond motifs is 1. The molecule has 8 heteroatoms. The molecule has 3 saturated heterocycles. The minimum Gasteiger partial charge on any atom is -0.465 e. The van der Waals surface area contributed by atoms with Gasteiger partial charge in [0.25, 0.3) is 0 Å². The van der Waals surface area contributed by atoms with Gasteiger partial charge in [-0.15, -0.1) is 24.9 Å². The van der Waals surface area contributed by atoms with Crippen molar-refractivity contribution < 1.29 is 24.2 Å². The Labute approximate surface area is 208 Å². The van der Waals surface area contributed by atoms with E-state index in [1.807, 2.05) is 27.7 Å². The zero-order chi connectivity index (χ0) is 25.2. The molecule has 7 nitrogen and oxygen atoms in total. The van der Waals surface area contributed by atoms with Crippen molar-refractivity contribution in [3.63, 3.8) is 0 Å². The predicted molar refractivity (Wildman–Crippen MR) is 134 cm³/mol. The van der Waals surface area contributed by atoms with E-state index in [-0.39, 0.29) is 41.6 Å². The summed E-state index contributed by atoms with van der Waals surface area (Å²) < 4.78 is 4.91. The van der Waals surface area contributed by atoms with E-state index in [1.165, 1.54) is 0 Å². The molecule has 1 spiro atoms. The van der Waals surface area contributed by atoms with Gasteiger partial charge in [0.05, 0.1) is 35.8 Å². The molecule has 2 unspecified atom stereocenters. The molecule has 1 N–H and O–H groups in total. The molecule has 190 valence electrons. The quantitative estimate of drug-likeness (QED) is 0.256. The number of esters is 1. The number of nitrogens with zero attached hydrogens (tertiary/aromatic N) is 2. The highest BCUT2D eigenvalue weighted by Crippen LogP contribution is 2.67. The van der Waals surface area contributed by atoms with E-state index >= 15 is 0 Å². The zero-order valence-corrected chi connectivity index (χ0v) is 21.8. The van der Waals surface area contributed by atoms with Gasteiger partial charge in [0.2, 0.25) is 11.8 Å². The summed E-state index contributed by atoms with van der Waals surface area (Å²) in [6, 6.07) is -1.29. The van der Waals surface area contributed by atoms with E-state index in [0.717, 1.165) is 12.8 Å². The molecule has 3 fully saturated rings. The molecule has 3 aliphatic heterocycles. The third-order valence-electron chi connectivity index (χ3n) is 7.59. The standard InChI is InChI=1S/C26H40N2O5S/c1-7-9-10-14-33-25(32)20-19-11-12-26(34-19)21(20)23(30)28(18(15-29)16(3)4)22(26)24(31)27(13-8-2)17(5)6/h7-8,16-22,29H,1-2,9-15H2,3-6H3/t18-,19+,20-,21-,22?,26?/m0/s1. The average molecular weight is 493 g/mol. The van der Waals surface area contributed by atoms with Gasteiger partial charge in [-0.1, -0.05) is 26.0 Å². The summed E-state index contributed by atoms with van der Waals surface area (Å²) in [5.41, 5.74) is 0. The van der Waals surface area contributed by atoms with Gasteiger partial charge in [-0.25, -0.2) is 0 Å². The molecule has 0 radical (unpaired) electrons. The first kappa shape index (κ1) is 26.8. The van der Waals surface area contributed by atoms with Crippen molar-refractivity contribution in [3.8, 4) is 0 Å². The second-order valence-corrected chi connectivity index (χ2v) is 11.9. The van der Waals surface area contributed by atoms with Gasteiger partial charge >= 0.3 is 5.97 Å². The van der Waals surface area contributed by atoms with Crippen LogP contribution in [0.15, 0.2) is 25.3 Å². The molecule has 3 heterocycles. The summed E-state index contributed by atoms with van der Waals surface area (Å²) in [5.74, 6) is -1.88. The van der Waals surface area contributed by atoms with Gasteiger partial charge in [0.1, 0.15) is 6.04 Å². The number of amides is 2. The van der Waals surface area contributed by atoms with E-state index in [4.69, 9.17) is 4.74 Å². The maximum atomic E-state index is 14.1. The third-order valence-corrected chi connectivity index (χ3v) is 9.54. The molecule has 2 bridgehead atoms. The van der Waals surface area contributed by atoms with Gasteiger partial charge in [-0.3, -0.25) is 14.4 Å². The number of carbonyl (C=O) groups is 3. The van der Waals surface area contributed by atoms with Gasteiger partial charge in [0.15, 0.2) is 0 Å². The molecular formula is C26H40N2O5S. The minimum atomic E-state index is -0.722. The summed E-state index contributed by atoms with van der Waals surface area (Å²) >= 11 is 1.63. The number of aliphatic hydroxyl groups is 1. The average Bonchev–Trinajstić information content (AvgIpc) is 3.42. The number of thioether (sulfide) groups is 1. The summed E-state index contributed by atoms with van der Waals surface area (Å²) in [7, 11) is 0. The highest BCUT2D eigenvalue weighted by atomic mass is 32.2. The van der Waals surface area contributed by atoms with E-state index in [0.29, 0.717) is 26.0 Å². The van der Waals surface area contributed by atoms with Gasteiger partial charge in [-0.05, 0) is 45.4 Å². The van der Waals surface area contributed by atoms with Crippen molar-refractivity contribution in [2.75, 3.05) is 19.8 Å². The van der Waals surface area contributed by atoms with Crippen LogP contribution in [0.25, 0.3) is 0 Å². The monoisotopic (exact) mass is 492 g/mol. The highest BCUT2D eigenvalue weighted by molar-refractivity contribution is 8.02. The van der Waals surface area contributed by atoms with Gasteiger partial charge in [0, 0.05) is 17.8 Å². The lowest BCUT2D eigenvalue weighted by Gasteiger charge is -2.41.